The number of hydrogen-bond donors (Lipinski definition) is 2. The predicted molar refractivity (Wildman–Crippen MR) is 123 cm³/mol. The molecule has 176 valence electrons. The molecule has 0 aliphatic heterocycles. The molecule has 1 fully saturated rings. The SMILES string of the molecule is CC(C)(C)OC(=O)n1cc(-c2ncc(F)c(NC3CCCC(N)C3)n2)c2cc(Cl)cc(F)c21. The van der Waals surface area contributed by atoms with Crippen molar-refractivity contribution >= 4 is 34.4 Å². The smallest absolute Gasteiger partial charge is 0.419 e. The van der Waals surface area contributed by atoms with Crippen molar-refractivity contribution in [2.45, 2.75) is 64.1 Å². The molecule has 3 aromatic rings. The number of fused-ring (bicyclic) bond motifs is 1. The van der Waals surface area contributed by atoms with Gasteiger partial charge >= 0.3 is 6.09 Å². The summed E-state index contributed by atoms with van der Waals surface area (Å²) in [7, 11) is 0. The van der Waals surface area contributed by atoms with E-state index in [2.05, 4.69) is 15.3 Å². The number of nitrogens with one attached hydrogen (secondary N) is 1. The summed E-state index contributed by atoms with van der Waals surface area (Å²) in [4.78, 5) is 21.2. The Morgan fingerprint density at radius 2 is 2.03 bits per heavy atom. The van der Waals surface area contributed by atoms with Gasteiger partial charge in [-0.1, -0.05) is 11.6 Å². The van der Waals surface area contributed by atoms with Gasteiger partial charge in [-0.3, -0.25) is 0 Å². The molecule has 7 nitrogen and oxygen atoms in total. The van der Waals surface area contributed by atoms with Gasteiger partial charge in [0.2, 0.25) is 0 Å². The maximum Gasteiger partial charge on any atom is 0.419 e. The highest BCUT2D eigenvalue weighted by Gasteiger charge is 2.26. The fraction of sp³-hybridized carbons (Fsp3) is 0.435. The van der Waals surface area contributed by atoms with Crippen molar-refractivity contribution in [2.75, 3.05) is 5.32 Å². The van der Waals surface area contributed by atoms with Gasteiger partial charge in [-0.25, -0.2) is 28.1 Å². The van der Waals surface area contributed by atoms with Gasteiger partial charge in [0.05, 0.1) is 11.7 Å². The first-order valence-electron chi connectivity index (χ1n) is 10.8. The Labute approximate surface area is 195 Å². The Balaban J connectivity index is 1.79. The number of ether oxygens (including phenoxy) is 1. The Bertz CT molecular complexity index is 1210. The number of rotatable bonds is 3. The van der Waals surface area contributed by atoms with Crippen LogP contribution in [-0.4, -0.2) is 38.3 Å². The van der Waals surface area contributed by atoms with E-state index < -0.39 is 23.3 Å². The Hall–Kier alpha value is -2.78. The van der Waals surface area contributed by atoms with Crippen LogP contribution in [0.15, 0.2) is 24.5 Å². The van der Waals surface area contributed by atoms with Crippen LogP contribution in [0, 0.1) is 11.6 Å². The summed E-state index contributed by atoms with van der Waals surface area (Å²) in [5.41, 5.74) is 5.55. The first-order chi connectivity index (χ1) is 15.5. The standard InChI is InChI=1S/C23H26ClF2N5O2/c1-23(2,3)33-22(32)31-11-16(15-7-12(24)8-17(25)19(15)31)20-28-10-18(26)21(30-20)29-14-6-4-5-13(27)9-14/h7-8,10-11,13-14H,4-6,9,27H2,1-3H3,(H,28,29,30). The van der Waals surface area contributed by atoms with Crippen molar-refractivity contribution in [3.63, 3.8) is 0 Å². The number of carbonyl (C=O) groups is 1. The molecule has 0 saturated heterocycles. The van der Waals surface area contributed by atoms with Crippen molar-refractivity contribution in [1.29, 1.82) is 0 Å². The molecule has 0 bridgehead atoms. The lowest BCUT2D eigenvalue weighted by Crippen LogP contribution is -2.35. The molecule has 2 aromatic heterocycles. The third-order valence-electron chi connectivity index (χ3n) is 5.45. The normalized spacial score (nSPS) is 19.0. The maximum atomic E-state index is 14.9. The average molecular weight is 478 g/mol. The van der Waals surface area contributed by atoms with E-state index in [1.54, 1.807) is 20.8 Å². The second-order valence-corrected chi connectivity index (χ2v) is 9.77. The van der Waals surface area contributed by atoms with Gasteiger partial charge in [-0.15, -0.1) is 0 Å². The highest BCUT2D eigenvalue weighted by molar-refractivity contribution is 6.31. The zero-order valence-corrected chi connectivity index (χ0v) is 19.4. The van der Waals surface area contributed by atoms with Gasteiger partial charge in [0, 0.05) is 34.3 Å². The Morgan fingerprint density at radius 1 is 1.27 bits per heavy atom. The summed E-state index contributed by atoms with van der Waals surface area (Å²) in [6, 6.07) is 2.66. The van der Waals surface area contributed by atoms with E-state index in [-0.39, 0.29) is 34.3 Å². The van der Waals surface area contributed by atoms with E-state index in [1.807, 2.05) is 0 Å². The highest BCUT2D eigenvalue weighted by Crippen LogP contribution is 2.34. The van der Waals surface area contributed by atoms with Crippen LogP contribution in [-0.2, 0) is 4.74 Å². The molecule has 2 atom stereocenters. The molecule has 1 aliphatic carbocycles. The van der Waals surface area contributed by atoms with E-state index >= 15 is 0 Å². The monoisotopic (exact) mass is 477 g/mol. The molecule has 1 aliphatic rings. The summed E-state index contributed by atoms with van der Waals surface area (Å²) in [6.07, 6.45) is 5.10. The van der Waals surface area contributed by atoms with E-state index in [4.69, 9.17) is 22.1 Å². The Morgan fingerprint density at radius 3 is 2.73 bits per heavy atom. The molecule has 0 spiro atoms. The van der Waals surface area contributed by atoms with Crippen molar-refractivity contribution in [3.05, 3.63) is 41.2 Å². The third-order valence-corrected chi connectivity index (χ3v) is 5.67. The fourth-order valence-electron chi connectivity index (χ4n) is 4.06. The van der Waals surface area contributed by atoms with Crippen LogP contribution in [0.5, 0.6) is 0 Å². The minimum absolute atomic E-state index is 0.0130. The van der Waals surface area contributed by atoms with E-state index in [9.17, 15) is 13.6 Å². The largest absolute Gasteiger partial charge is 0.443 e. The molecule has 0 amide bonds. The summed E-state index contributed by atoms with van der Waals surface area (Å²) in [5.74, 6) is -1.17. The van der Waals surface area contributed by atoms with E-state index in [1.165, 1.54) is 12.3 Å². The van der Waals surface area contributed by atoms with Crippen molar-refractivity contribution in [3.8, 4) is 11.4 Å². The van der Waals surface area contributed by atoms with Gasteiger partial charge in [0.1, 0.15) is 11.4 Å². The van der Waals surface area contributed by atoms with Crippen LogP contribution in [0.1, 0.15) is 46.5 Å². The molecule has 1 aromatic carbocycles. The number of carbonyl (C=O) groups excluding carboxylic acids is 1. The molecule has 10 heteroatoms. The molecule has 1 saturated carbocycles. The lowest BCUT2D eigenvalue weighted by atomic mass is 9.92. The summed E-state index contributed by atoms with van der Waals surface area (Å²) >= 11 is 6.09. The van der Waals surface area contributed by atoms with E-state index in [0.29, 0.717) is 17.4 Å². The summed E-state index contributed by atoms with van der Waals surface area (Å²) < 4.78 is 35.9. The molecule has 0 radical (unpaired) electrons. The number of anilines is 1. The lowest BCUT2D eigenvalue weighted by Gasteiger charge is -2.27. The van der Waals surface area contributed by atoms with Gasteiger partial charge in [-0.2, -0.15) is 0 Å². The number of aromatic nitrogens is 3. The second kappa shape index (κ2) is 8.87. The fourth-order valence-corrected chi connectivity index (χ4v) is 4.27. The zero-order chi connectivity index (χ0) is 23.9. The van der Waals surface area contributed by atoms with E-state index in [0.717, 1.165) is 36.1 Å². The lowest BCUT2D eigenvalue weighted by molar-refractivity contribution is 0.0543. The number of nitrogens with two attached hydrogens (primary N) is 1. The van der Waals surface area contributed by atoms with Crippen LogP contribution in [0.2, 0.25) is 5.02 Å². The van der Waals surface area contributed by atoms with Gasteiger partial charge in [0.15, 0.2) is 17.5 Å². The Kier molecular flexibility index (Phi) is 6.28. The molecular formula is C23H26ClF2N5O2. The molecule has 33 heavy (non-hydrogen) atoms. The molecule has 2 heterocycles. The van der Waals surface area contributed by atoms with Crippen molar-refractivity contribution in [1.82, 2.24) is 14.5 Å². The summed E-state index contributed by atoms with van der Waals surface area (Å²) in [5, 5.41) is 3.56. The summed E-state index contributed by atoms with van der Waals surface area (Å²) in [6.45, 7) is 5.13. The first kappa shape index (κ1) is 23.4. The van der Waals surface area contributed by atoms with Crippen LogP contribution in [0.25, 0.3) is 22.3 Å². The number of halogens is 3. The molecule has 2 unspecified atom stereocenters. The number of benzene rings is 1. The zero-order valence-electron chi connectivity index (χ0n) is 18.7. The second-order valence-electron chi connectivity index (χ2n) is 9.33. The number of nitrogens with zero attached hydrogens (tertiary/aromatic N) is 3. The predicted octanol–water partition coefficient (Wildman–Crippen LogP) is 5.49. The molecule has 4 rings (SSSR count). The van der Waals surface area contributed by atoms with Gasteiger partial charge < -0.3 is 15.8 Å². The minimum atomic E-state index is -0.791. The minimum Gasteiger partial charge on any atom is -0.443 e. The van der Waals surface area contributed by atoms with Gasteiger partial charge in [0.25, 0.3) is 0 Å². The molecule has 3 N–H and O–H groups in total. The highest BCUT2D eigenvalue weighted by atomic mass is 35.5. The van der Waals surface area contributed by atoms with Gasteiger partial charge in [-0.05, 0) is 58.6 Å². The van der Waals surface area contributed by atoms with Crippen LogP contribution in [0.4, 0.5) is 19.4 Å². The van der Waals surface area contributed by atoms with Crippen molar-refractivity contribution in [2.24, 2.45) is 5.73 Å². The third kappa shape index (κ3) is 5.09. The van der Waals surface area contributed by atoms with Crippen LogP contribution in [0.3, 0.4) is 0 Å². The first-order valence-corrected chi connectivity index (χ1v) is 11.2. The average Bonchev–Trinajstić information content (AvgIpc) is 3.08. The quantitative estimate of drug-likeness (QED) is 0.517. The maximum absolute atomic E-state index is 14.9. The van der Waals surface area contributed by atoms with Crippen LogP contribution < -0.4 is 11.1 Å². The van der Waals surface area contributed by atoms with Crippen LogP contribution >= 0.6 is 11.6 Å². The van der Waals surface area contributed by atoms with Crippen molar-refractivity contribution < 1.29 is 18.3 Å². The molecular weight excluding hydrogens is 452 g/mol. The topological polar surface area (TPSA) is 95.1 Å². The number of hydrogen-bond acceptors (Lipinski definition) is 6.